The molecule has 0 aliphatic rings. The number of nitrogens with one attached hydrogen (secondary N) is 2. The second-order valence-electron chi connectivity index (χ2n) is 6.94. The summed E-state index contributed by atoms with van der Waals surface area (Å²) >= 11 is 1.53. The fourth-order valence-corrected chi connectivity index (χ4v) is 4.79. The topological polar surface area (TPSA) is 123 Å². The van der Waals surface area contributed by atoms with Crippen molar-refractivity contribution in [3.05, 3.63) is 68.8 Å². The monoisotopic (exact) mass is 462 g/mol. The molecule has 3 rings (SSSR count). The van der Waals surface area contributed by atoms with Gasteiger partial charge in [-0.3, -0.25) is 14.9 Å². The van der Waals surface area contributed by atoms with E-state index in [2.05, 4.69) is 10.6 Å². The molecule has 0 spiro atoms. The molecule has 2 aromatic heterocycles. The number of anilines is 1. The van der Waals surface area contributed by atoms with Crippen molar-refractivity contribution in [2.45, 2.75) is 18.7 Å². The molecule has 2 heterocycles. The van der Waals surface area contributed by atoms with Gasteiger partial charge in [-0.15, -0.1) is 11.3 Å². The van der Waals surface area contributed by atoms with E-state index in [0.717, 1.165) is 27.8 Å². The number of benzene rings is 1. The number of rotatable bonds is 8. The molecular weight excluding hydrogens is 440 g/mol. The lowest BCUT2D eigenvalue weighted by Crippen LogP contribution is -2.29. The van der Waals surface area contributed by atoms with Crippen LogP contribution in [0.4, 0.5) is 11.4 Å². The number of carbonyl (C=O) groups excluding carboxylic acids is 1. The molecule has 3 aromatic rings. The molecule has 9 nitrogen and oxygen atoms in total. The van der Waals surface area contributed by atoms with Crippen LogP contribution in [0.25, 0.3) is 5.00 Å². The molecule has 11 heteroatoms. The Morgan fingerprint density at radius 3 is 2.48 bits per heavy atom. The third-order valence-electron chi connectivity index (χ3n) is 4.75. The van der Waals surface area contributed by atoms with E-state index in [9.17, 15) is 23.3 Å². The number of aromatic nitrogens is 1. The maximum absolute atomic E-state index is 12.8. The van der Waals surface area contributed by atoms with Gasteiger partial charge in [-0.05, 0) is 43.7 Å². The quantitative estimate of drug-likeness (QED) is 0.301. The smallest absolute Gasteiger partial charge is 0.293 e. The summed E-state index contributed by atoms with van der Waals surface area (Å²) in [6.07, 6.45) is 4.75. The molecule has 164 valence electrons. The van der Waals surface area contributed by atoms with Crippen LogP contribution in [-0.4, -0.2) is 43.2 Å². The zero-order chi connectivity index (χ0) is 22.8. The van der Waals surface area contributed by atoms with Crippen LogP contribution in [0.1, 0.15) is 20.8 Å². The highest BCUT2D eigenvalue weighted by molar-refractivity contribution is 7.90. The Bertz CT molecular complexity index is 1230. The number of nitro groups is 1. The van der Waals surface area contributed by atoms with Crippen molar-refractivity contribution in [3.8, 4) is 5.00 Å². The minimum Gasteiger partial charge on any atom is -0.378 e. The molecule has 0 aliphatic carbocycles. The molecule has 1 amide bonds. The van der Waals surface area contributed by atoms with Crippen molar-refractivity contribution < 1.29 is 18.1 Å². The van der Waals surface area contributed by atoms with Gasteiger partial charge in [-0.25, -0.2) is 8.42 Å². The van der Waals surface area contributed by atoms with Crippen molar-refractivity contribution in [1.82, 2.24) is 9.88 Å². The number of hydrogen-bond donors (Lipinski definition) is 2. The summed E-state index contributed by atoms with van der Waals surface area (Å²) in [7, 11) is -3.56. The Labute approximate surface area is 183 Å². The van der Waals surface area contributed by atoms with Crippen molar-refractivity contribution in [2.24, 2.45) is 0 Å². The molecule has 31 heavy (non-hydrogen) atoms. The summed E-state index contributed by atoms with van der Waals surface area (Å²) in [4.78, 5) is 24.4. The number of nitro benzene ring substituents is 1. The van der Waals surface area contributed by atoms with Gasteiger partial charge in [0.15, 0.2) is 9.84 Å². The Hall–Kier alpha value is -3.18. The van der Waals surface area contributed by atoms with E-state index in [0.29, 0.717) is 5.56 Å². The van der Waals surface area contributed by atoms with E-state index in [1.165, 1.54) is 23.5 Å². The van der Waals surface area contributed by atoms with Crippen LogP contribution in [0.2, 0.25) is 0 Å². The van der Waals surface area contributed by atoms with Gasteiger partial charge in [-0.1, -0.05) is 0 Å². The Morgan fingerprint density at radius 1 is 1.19 bits per heavy atom. The van der Waals surface area contributed by atoms with E-state index < -0.39 is 14.8 Å². The van der Waals surface area contributed by atoms with Crippen LogP contribution in [-0.2, 0) is 9.84 Å². The van der Waals surface area contributed by atoms with Gasteiger partial charge >= 0.3 is 0 Å². The Balaban J connectivity index is 1.68. The SMILES string of the molecule is Cc1sc(-n2cccc2)c(C(=O)NCCNc2ccc(S(C)(=O)=O)cc2[N+](=O)[O-])c1C. The van der Waals surface area contributed by atoms with Gasteiger partial charge in [0.2, 0.25) is 0 Å². The van der Waals surface area contributed by atoms with E-state index in [1.54, 1.807) is 0 Å². The standard InChI is InChI=1S/C20H22N4O5S2/c1-13-14(2)30-20(23-10-4-5-11-23)18(13)19(25)22-9-8-21-16-7-6-15(31(3,28)29)12-17(16)24(26)27/h4-7,10-12,21H,8-9H2,1-3H3,(H,22,25). The first-order chi connectivity index (χ1) is 14.6. The molecule has 0 radical (unpaired) electrons. The fourth-order valence-electron chi connectivity index (χ4n) is 3.03. The lowest BCUT2D eigenvalue weighted by atomic mass is 10.1. The van der Waals surface area contributed by atoms with Gasteiger partial charge in [0.25, 0.3) is 11.6 Å². The number of sulfone groups is 1. The largest absolute Gasteiger partial charge is 0.378 e. The molecule has 2 N–H and O–H groups in total. The van der Waals surface area contributed by atoms with E-state index in [1.807, 2.05) is 42.9 Å². The Kier molecular flexibility index (Phi) is 6.46. The highest BCUT2D eigenvalue weighted by atomic mass is 32.2. The van der Waals surface area contributed by atoms with Crippen molar-refractivity contribution >= 4 is 38.5 Å². The molecular formula is C20H22N4O5S2. The maximum atomic E-state index is 12.8. The summed E-state index contributed by atoms with van der Waals surface area (Å²) in [5, 5.41) is 17.9. The van der Waals surface area contributed by atoms with Crippen LogP contribution >= 0.6 is 11.3 Å². The molecule has 0 unspecified atom stereocenters. The number of thiophene rings is 1. The number of carbonyl (C=O) groups is 1. The Morgan fingerprint density at radius 2 is 1.87 bits per heavy atom. The lowest BCUT2D eigenvalue weighted by molar-refractivity contribution is -0.384. The molecule has 0 fully saturated rings. The summed E-state index contributed by atoms with van der Waals surface area (Å²) in [6.45, 7) is 4.32. The average molecular weight is 463 g/mol. The highest BCUT2D eigenvalue weighted by Gasteiger charge is 2.21. The van der Waals surface area contributed by atoms with Gasteiger partial charge in [-0.2, -0.15) is 0 Å². The van der Waals surface area contributed by atoms with Gasteiger partial charge < -0.3 is 15.2 Å². The predicted molar refractivity (Wildman–Crippen MR) is 120 cm³/mol. The highest BCUT2D eigenvalue weighted by Crippen LogP contribution is 2.31. The first-order valence-electron chi connectivity index (χ1n) is 9.33. The first kappa shape index (κ1) is 22.5. The zero-order valence-corrected chi connectivity index (χ0v) is 18.8. The second-order valence-corrected chi connectivity index (χ2v) is 10.2. The first-order valence-corrected chi connectivity index (χ1v) is 12.0. The summed E-state index contributed by atoms with van der Waals surface area (Å²) in [6, 6.07) is 7.46. The number of aryl methyl sites for hydroxylation is 1. The summed E-state index contributed by atoms with van der Waals surface area (Å²) < 4.78 is 25.2. The van der Waals surface area contributed by atoms with Gasteiger partial charge in [0.05, 0.1) is 15.4 Å². The predicted octanol–water partition coefficient (Wildman–Crippen LogP) is 3.31. The van der Waals surface area contributed by atoms with Crippen LogP contribution in [0.5, 0.6) is 0 Å². The molecule has 0 saturated heterocycles. The number of nitrogens with zero attached hydrogens (tertiary/aromatic N) is 2. The van der Waals surface area contributed by atoms with E-state index >= 15 is 0 Å². The molecule has 1 aromatic carbocycles. The molecule has 0 atom stereocenters. The number of amides is 1. The van der Waals surface area contributed by atoms with Crippen molar-refractivity contribution in [1.29, 1.82) is 0 Å². The second kappa shape index (κ2) is 8.90. The molecule has 0 aliphatic heterocycles. The summed E-state index contributed by atoms with van der Waals surface area (Å²) in [5.74, 6) is -0.228. The maximum Gasteiger partial charge on any atom is 0.293 e. The van der Waals surface area contributed by atoms with Gasteiger partial charge in [0.1, 0.15) is 10.7 Å². The third-order valence-corrected chi connectivity index (χ3v) is 7.08. The molecule has 0 bridgehead atoms. The lowest BCUT2D eigenvalue weighted by Gasteiger charge is -2.11. The van der Waals surface area contributed by atoms with E-state index in [4.69, 9.17) is 0 Å². The normalized spacial score (nSPS) is 11.3. The third kappa shape index (κ3) is 4.94. The van der Waals surface area contributed by atoms with E-state index in [-0.39, 0.29) is 35.3 Å². The van der Waals surface area contributed by atoms with Crippen molar-refractivity contribution in [3.63, 3.8) is 0 Å². The van der Waals surface area contributed by atoms with Crippen LogP contribution in [0.3, 0.4) is 0 Å². The average Bonchev–Trinajstić information content (AvgIpc) is 3.33. The summed E-state index contributed by atoms with van der Waals surface area (Å²) in [5.41, 5.74) is 1.35. The minimum absolute atomic E-state index is 0.126. The number of hydrogen-bond acceptors (Lipinski definition) is 7. The minimum atomic E-state index is -3.56. The van der Waals surface area contributed by atoms with Crippen LogP contribution < -0.4 is 10.6 Å². The fraction of sp³-hybridized carbons (Fsp3) is 0.250. The van der Waals surface area contributed by atoms with Crippen LogP contribution in [0.15, 0.2) is 47.6 Å². The van der Waals surface area contributed by atoms with Crippen molar-refractivity contribution in [2.75, 3.05) is 24.7 Å². The zero-order valence-electron chi connectivity index (χ0n) is 17.2. The van der Waals surface area contributed by atoms with Crippen LogP contribution in [0, 0.1) is 24.0 Å². The van der Waals surface area contributed by atoms with Gasteiger partial charge in [0, 0.05) is 42.7 Å². The molecule has 0 saturated carbocycles.